The maximum absolute atomic E-state index is 4.81. The Labute approximate surface area is 160 Å². The summed E-state index contributed by atoms with van der Waals surface area (Å²) in [6.45, 7) is 2.01. The van der Waals surface area contributed by atoms with E-state index < -0.39 is 0 Å². The Bertz CT molecular complexity index is 1000. The van der Waals surface area contributed by atoms with Gasteiger partial charge >= 0.3 is 0 Å². The third kappa shape index (κ3) is 3.81. The van der Waals surface area contributed by atoms with Gasteiger partial charge in [0, 0.05) is 22.3 Å². The maximum Gasteiger partial charge on any atom is 0.210 e. The summed E-state index contributed by atoms with van der Waals surface area (Å²) < 4.78 is 0. The second-order valence-electron chi connectivity index (χ2n) is 5.67. The lowest BCUT2D eigenvalue weighted by Crippen LogP contribution is -1.99. The molecular weight excluding hydrogens is 360 g/mol. The molecule has 2 aromatic heterocycles. The summed E-state index contributed by atoms with van der Waals surface area (Å²) in [5.41, 5.74) is 4.74. The van der Waals surface area contributed by atoms with Crippen molar-refractivity contribution in [3.05, 3.63) is 76.7 Å². The average Bonchev–Trinajstić information content (AvgIpc) is 3.13. The molecule has 2 aromatic carbocycles. The topological polar surface area (TPSA) is 51.6 Å². The molecule has 0 aliphatic heterocycles. The predicted molar refractivity (Wildman–Crippen MR) is 107 cm³/mol. The van der Waals surface area contributed by atoms with Gasteiger partial charge in [-0.15, -0.1) is 21.5 Å². The van der Waals surface area contributed by atoms with Gasteiger partial charge in [-0.2, -0.15) is 0 Å². The lowest BCUT2D eigenvalue weighted by molar-refractivity contribution is 0.849. The quantitative estimate of drug-likeness (QED) is 0.445. The van der Waals surface area contributed by atoms with Crippen LogP contribution in [0.3, 0.4) is 0 Å². The molecule has 0 saturated carbocycles. The minimum absolute atomic E-state index is 0.661. The lowest BCUT2D eigenvalue weighted by atomic mass is 10.0. The first-order valence-electron chi connectivity index (χ1n) is 8.19. The van der Waals surface area contributed by atoms with Crippen LogP contribution < -0.4 is 0 Å². The molecule has 4 nitrogen and oxygen atoms in total. The molecular formula is C20H16N4S2. The normalized spacial score (nSPS) is 10.8. The van der Waals surface area contributed by atoms with Crippen LogP contribution in [0.4, 0.5) is 0 Å². The molecule has 0 bridgehead atoms. The number of thiazole rings is 1. The first-order chi connectivity index (χ1) is 12.8. The molecule has 6 heteroatoms. The summed E-state index contributed by atoms with van der Waals surface area (Å²) >= 11 is 3.22. The lowest BCUT2D eigenvalue weighted by Gasteiger charge is -2.09. The average molecular weight is 377 g/mol. The monoisotopic (exact) mass is 376 g/mol. The van der Waals surface area contributed by atoms with Crippen molar-refractivity contribution in [2.75, 3.05) is 0 Å². The number of benzene rings is 2. The molecule has 0 radical (unpaired) electrons. The molecule has 0 fully saturated rings. The highest BCUT2D eigenvalue weighted by Crippen LogP contribution is 2.30. The zero-order valence-electron chi connectivity index (χ0n) is 14.2. The number of aryl methyl sites for hydroxylation is 1. The second-order valence-corrected chi connectivity index (χ2v) is 7.67. The number of thioether (sulfide) groups is 1. The number of nitrogens with zero attached hydrogens (tertiary/aromatic N) is 4. The van der Waals surface area contributed by atoms with Crippen molar-refractivity contribution in [3.8, 4) is 22.5 Å². The molecule has 0 amide bonds. The van der Waals surface area contributed by atoms with E-state index in [0.29, 0.717) is 5.16 Å². The Hall–Kier alpha value is -2.57. The zero-order valence-corrected chi connectivity index (χ0v) is 15.8. The fourth-order valence-corrected chi connectivity index (χ4v) is 3.97. The molecule has 26 heavy (non-hydrogen) atoms. The summed E-state index contributed by atoms with van der Waals surface area (Å²) in [5.74, 6) is 0.741. The van der Waals surface area contributed by atoms with E-state index in [1.807, 2.05) is 55.5 Å². The van der Waals surface area contributed by atoms with Gasteiger partial charge < -0.3 is 0 Å². The van der Waals surface area contributed by atoms with Crippen molar-refractivity contribution in [1.29, 1.82) is 0 Å². The van der Waals surface area contributed by atoms with E-state index in [9.17, 15) is 0 Å². The van der Waals surface area contributed by atoms with Crippen LogP contribution in [0, 0.1) is 6.92 Å². The fraction of sp³-hybridized carbons (Fsp3) is 0.100. The Morgan fingerprint density at radius 3 is 2.08 bits per heavy atom. The molecule has 128 valence electrons. The Balaban J connectivity index is 1.69. The van der Waals surface area contributed by atoms with E-state index in [-0.39, 0.29) is 0 Å². The molecule has 0 saturated heterocycles. The van der Waals surface area contributed by atoms with E-state index in [2.05, 4.69) is 32.7 Å². The predicted octanol–water partition coefficient (Wildman–Crippen LogP) is 5.26. The van der Waals surface area contributed by atoms with Gasteiger partial charge in [-0.25, -0.2) is 9.97 Å². The minimum atomic E-state index is 0.661. The Morgan fingerprint density at radius 1 is 0.808 bits per heavy atom. The summed E-state index contributed by atoms with van der Waals surface area (Å²) in [5, 5.41) is 12.6. The molecule has 4 rings (SSSR count). The van der Waals surface area contributed by atoms with Crippen LogP contribution in [-0.2, 0) is 5.75 Å². The van der Waals surface area contributed by atoms with E-state index in [0.717, 1.165) is 39.0 Å². The van der Waals surface area contributed by atoms with Gasteiger partial charge in [0.05, 0.1) is 10.7 Å². The number of aromatic nitrogens is 4. The third-order valence-corrected chi connectivity index (χ3v) is 5.47. The zero-order chi connectivity index (χ0) is 17.8. The van der Waals surface area contributed by atoms with Crippen molar-refractivity contribution < 1.29 is 0 Å². The SMILES string of the molecule is Cc1nc(CSc2nnc(-c3ccccc3)c(-c3ccccc3)n2)cs1. The number of hydrogen-bond acceptors (Lipinski definition) is 6. The van der Waals surface area contributed by atoms with E-state index in [1.54, 1.807) is 23.1 Å². The highest BCUT2D eigenvalue weighted by atomic mass is 32.2. The van der Waals surface area contributed by atoms with Crippen molar-refractivity contribution in [1.82, 2.24) is 20.2 Å². The van der Waals surface area contributed by atoms with Crippen LogP contribution in [0.5, 0.6) is 0 Å². The summed E-state index contributed by atoms with van der Waals surface area (Å²) in [6, 6.07) is 20.2. The molecule has 0 N–H and O–H groups in total. The highest BCUT2D eigenvalue weighted by Gasteiger charge is 2.14. The van der Waals surface area contributed by atoms with Crippen LogP contribution in [-0.4, -0.2) is 20.2 Å². The van der Waals surface area contributed by atoms with Crippen LogP contribution in [0.25, 0.3) is 22.5 Å². The first-order valence-corrected chi connectivity index (χ1v) is 10.1. The molecule has 4 aromatic rings. The molecule has 0 unspecified atom stereocenters. The number of rotatable bonds is 5. The molecule has 0 spiro atoms. The Kier molecular flexibility index (Phi) is 5.04. The molecule has 2 heterocycles. The maximum atomic E-state index is 4.81. The fourth-order valence-electron chi connectivity index (χ4n) is 2.57. The number of hydrogen-bond donors (Lipinski definition) is 0. The van der Waals surface area contributed by atoms with E-state index in [4.69, 9.17) is 4.98 Å². The molecule has 0 aliphatic rings. The first kappa shape index (κ1) is 16.9. The van der Waals surface area contributed by atoms with Crippen LogP contribution in [0.1, 0.15) is 10.7 Å². The summed E-state index contributed by atoms with van der Waals surface area (Å²) in [6.07, 6.45) is 0. The standard InChI is InChI=1S/C20H16N4S2/c1-14-21-17(12-25-14)13-26-20-22-18(15-8-4-2-5-9-15)19(23-24-20)16-10-6-3-7-11-16/h2-12H,13H2,1H3. The highest BCUT2D eigenvalue weighted by molar-refractivity contribution is 7.98. The summed E-state index contributed by atoms with van der Waals surface area (Å²) in [7, 11) is 0. The molecule has 0 atom stereocenters. The molecule has 0 aliphatic carbocycles. The van der Waals surface area contributed by atoms with Crippen molar-refractivity contribution in [2.45, 2.75) is 17.8 Å². The van der Waals surface area contributed by atoms with Crippen LogP contribution in [0.2, 0.25) is 0 Å². The van der Waals surface area contributed by atoms with Gasteiger partial charge in [-0.3, -0.25) is 0 Å². The van der Waals surface area contributed by atoms with Gasteiger partial charge in [-0.05, 0) is 6.92 Å². The van der Waals surface area contributed by atoms with Gasteiger partial charge in [0.15, 0.2) is 0 Å². The van der Waals surface area contributed by atoms with Gasteiger partial charge in [0.25, 0.3) is 0 Å². The van der Waals surface area contributed by atoms with Crippen molar-refractivity contribution in [2.24, 2.45) is 0 Å². The minimum Gasteiger partial charge on any atom is -0.246 e. The van der Waals surface area contributed by atoms with Crippen LogP contribution >= 0.6 is 23.1 Å². The third-order valence-electron chi connectivity index (χ3n) is 3.78. The Morgan fingerprint density at radius 2 is 1.46 bits per heavy atom. The van der Waals surface area contributed by atoms with E-state index >= 15 is 0 Å². The van der Waals surface area contributed by atoms with Gasteiger partial charge in [0.1, 0.15) is 11.4 Å². The van der Waals surface area contributed by atoms with Crippen molar-refractivity contribution in [3.63, 3.8) is 0 Å². The smallest absolute Gasteiger partial charge is 0.210 e. The second kappa shape index (κ2) is 7.76. The largest absolute Gasteiger partial charge is 0.246 e. The van der Waals surface area contributed by atoms with Gasteiger partial charge in [0.2, 0.25) is 5.16 Å². The van der Waals surface area contributed by atoms with Gasteiger partial charge in [-0.1, -0.05) is 72.4 Å². The van der Waals surface area contributed by atoms with Crippen molar-refractivity contribution >= 4 is 23.1 Å². The van der Waals surface area contributed by atoms with Crippen LogP contribution in [0.15, 0.2) is 71.2 Å². The van der Waals surface area contributed by atoms with E-state index in [1.165, 1.54) is 0 Å². The summed E-state index contributed by atoms with van der Waals surface area (Å²) in [4.78, 5) is 9.30.